The first-order chi connectivity index (χ1) is 4.90. The van der Waals surface area contributed by atoms with Gasteiger partial charge in [0.15, 0.2) is 0 Å². The first-order valence-electron chi connectivity index (χ1n) is 4.11. The van der Waals surface area contributed by atoms with E-state index < -0.39 is 0 Å². The van der Waals surface area contributed by atoms with E-state index in [2.05, 4.69) is 5.16 Å². The molecule has 2 nitrogen and oxygen atoms in total. The fourth-order valence-corrected chi connectivity index (χ4v) is 2.28. The third kappa shape index (κ3) is 0.825. The summed E-state index contributed by atoms with van der Waals surface area (Å²) in [6.07, 6.45) is 6.34. The number of nitrogens with zero attached hydrogens (tertiary/aromatic N) is 1. The molecule has 2 heteroatoms. The summed E-state index contributed by atoms with van der Waals surface area (Å²) in [6, 6.07) is 0. The van der Waals surface area contributed by atoms with Crippen molar-refractivity contribution in [1.82, 2.24) is 0 Å². The molecule has 0 aromatic rings. The molecule has 10 heavy (non-hydrogen) atoms. The molecule has 3 rings (SSSR count). The van der Waals surface area contributed by atoms with E-state index in [0.717, 1.165) is 18.1 Å². The van der Waals surface area contributed by atoms with Gasteiger partial charge in [-0.1, -0.05) is 5.16 Å². The highest BCUT2D eigenvalue weighted by molar-refractivity contribution is 5.87. The maximum atomic E-state index is 8.60. The Morgan fingerprint density at radius 3 is 2.20 bits per heavy atom. The molecule has 0 aromatic heterocycles. The molecule has 0 atom stereocenters. The number of hydrogen-bond acceptors (Lipinski definition) is 2. The quantitative estimate of drug-likeness (QED) is 0.404. The standard InChI is InChI=1S/C8H13NO/c10-9-8-5-6-1-3-7(8)4-2-6/h6-7,10H,1-5H2/b9-8-. The summed E-state index contributed by atoms with van der Waals surface area (Å²) in [6.45, 7) is 0. The van der Waals surface area contributed by atoms with Gasteiger partial charge in [0.05, 0.1) is 5.71 Å². The minimum Gasteiger partial charge on any atom is -0.411 e. The lowest BCUT2D eigenvalue weighted by molar-refractivity contribution is 0.258. The number of rotatable bonds is 0. The van der Waals surface area contributed by atoms with Gasteiger partial charge in [0.1, 0.15) is 0 Å². The summed E-state index contributed by atoms with van der Waals surface area (Å²) in [5.41, 5.74) is 1.07. The van der Waals surface area contributed by atoms with Gasteiger partial charge >= 0.3 is 0 Å². The molecule has 3 aliphatic rings. The van der Waals surface area contributed by atoms with E-state index in [1.165, 1.54) is 25.7 Å². The van der Waals surface area contributed by atoms with E-state index >= 15 is 0 Å². The van der Waals surface area contributed by atoms with Crippen LogP contribution >= 0.6 is 0 Å². The van der Waals surface area contributed by atoms with Crippen molar-refractivity contribution in [2.45, 2.75) is 32.1 Å². The normalized spacial score (nSPS) is 42.6. The van der Waals surface area contributed by atoms with Gasteiger partial charge in [0.25, 0.3) is 0 Å². The summed E-state index contributed by atoms with van der Waals surface area (Å²) in [5, 5.41) is 11.9. The Balaban J connectivity index is 2.15. The third-order valence-electron chi connectivity index (χ3n) is 2.94. The van der Waals surface area contributed by atoms with Crippen molar-refractivity contribution in [3.05, 3.63) is 0 Å². The zero-order valence-corrected chi connectivity index (χ0v) is 6.08. The first kappa shape index (κ1) is 6.20. The Morgan fingerprint density at radius 1 is 1.20 bits per heavy atom. The van der Waals surface area contributed by atoms with Crippen LogP contribution in [0.15, 0.2) is 5.16 Å². The predicted octanol–water partition coefficient (Wildman–Crippen LogP) is 2.03. The molecule has 3 fully saturated rings. The van der Waals surface area contributed by atoms with Gasteiger partial charge in [-0.2, -0.15) is 0 Å². The van der Waals surface area contributed by atoms with E-state index in [0.29, 0.717) is 5.92 Å². The lowest BCUT2D eigenvalue weighted by Gasteiger charge is -2.35. The molecule has 0 aromatic carbocycles. The van der Waals surface area contributed by atoms with Gasteiger partial charge in [-0.25, -0.2) is 0 Å². The SMILES string of the molecule is O/N=C1/CC2CCC1CC2. The van der Waals surface area contributed by atoms with E-state index in [-0.39, 0.29) is 0 Å². The monoisotopic (exact) mass is 139 g/mol. The van der Waals surface area contributed by atoms with Crippen LogP contribution < -0.4 is 0 Å². The van der Waals surface area contributed by atoms with Gasteiger partial charge in [-0.3, -0.25) is 0 Å². The molecule has 0 saturated heterocycles. The Hall–Kier alpha value is -0.530. The van der Waals surface area contributed by atoms with Crippen molar-refractivity contribution in [1.29, 1.82) is 0 Å². The van der Waals surface area contributed by atoms with Crippen LogP contribution in [0.2, 0.25) is 0 Å². The number of fused-ring (bicyclic) bond motifs is 3. The van der Waals surface area contributed by atoms with Crippen LogP contribution in [-0.4, -0.2) is 10.9 Å². The summed E-state index contributed by atoms with van der Waals surface area (Å²) < 4.78 is 0. The van der Waals surface area contributed by atoms with Crippen LogP contribution in [0.5, 0.6) is 0 Å². The van der Waals surface area contributed by atoms with E-state index in [1.54, 1.807) is 0 Å². The van der Waals surface area contributed by atoms with Crippen LogP contribution in [0.3, 0.4) is 0 Å². The highest BCUT2D eigenvalue weighted by atomic mass is 16.4. The van der Waals surface area contributed by atoms with Crippen molar-refractivity contribution in [2.24, 2.45) is 17.0 Å². The topological polar surface area (TPSA) is 32.6 Å². The molecule has 0 radical (unpaired) electrons. The van der Waals surface area contributed by atoms with E-state index in [1.807, 2.05) is 0 Å². The zero-order valence-electron chi connectivity index (χ0n) is 6.08. The van der Waals surface area contributed by atoms with E-state index in [9.17, 15) is 0 Å². The third-order valence-corrected chi connectivity index (χ3v) is 2.94. The summed E-state index contributed by atoms with van der Waals surface area (Å²) in [5.74, 6) is 1.48. The van der Waals surface area contributed by atoms with E-state index in [4.69, 9.17) is 5.21 Å². The summed E-state index contributed by atoms with van der Waals surface area (Å²) >= 11 is 0. The minimum atomic E-state index is 0.634. The van der Waals surface area contributed by atoms with Crippen molar-refractivity contribution in [3.63, 3.8) is 0 Å². The molecule has 2 bridgehead atoms. The van der Waals surface area contributed by atoms with Gasteiger partial charge in [-0.05, 0) is 38.0 Å². The second-order valence-corrected chi connectivity index (χ2v) is 3.51. The number of hydrogen-bond donors (Lipinski definition) is 1. The highest BCUT2D eigenvalue weighted by Crippen LogP contribution is 2.39. The average molecular weight is 139 g/mol. The van der Waals surface area contributed by atoms with Crippen LogP contribution in [-0.2, 0) is 0 Å². The molecular weight excluding hydrogens is 126 g/mol. The van der Waals surface area contributed by atoms with Crippen molar-refractivity contribution in [3.8, 4) is 0 Å². The van der Waals surface area contributed by atoms with Crippen molar-refractivity contribution >= 4 is 5.71 Å². The highest BCUT2D eigenvalue weighted by Gasteiger charge is 2.32. The molecule has 0 amide bonds. The lowest BCUT2D eigenvalue weighted by atomic mass is 9.70. The number of oxime groups is 1. The van der Waals surface area contributed by atoms with Crippen LogP contribution in [0.1, 0.15) is 32.1 Å². The molecule has 0 heterocycles. The molecule has 56 valence electrons. The smallest absolute Gasteiger partial charge is 0.0604 e. The predicted molar refractivity (Wildman–Crippen MR) is 39.3 cm³/mol. The maximum absolute atomic E-state index is 8.60. The molecule has 3 saturated carbocycles. The largest absolute Gasteiger partial charge is 0.411 e. The average Bonchev–Trinajstić information content (AvgIpc) is 2.06. The molecule has 3 aliphatic carbocycles. The second-order valence-electron chi connectivity index (χ2n) is 3.51. The molecule has 0 aliphatic heterocycles. The molecule has 0 spiro atoms. The maximum Gasteiger partial charge on any atom is 0.0604 e. The van der Waals surface area contributed by atoms with Crippen molar-refractivity contribution in [2.75, 3.05) is 0 Å². The van der Waals surface area contributed by atoms with Gasteiger partial charge < -0.3 is 5.21 Å². The van der Waals surface area contributed by atoms with Gasteiger partial charge in [0.2, 0.25) is 0 Å². The van der Waals surface area contributed by atoms with Gasteiger partial charge in [0, 0.05) is 5.92 Å². The summed E-state index contributed by atoms with van der Waals surface area (Å²) in [7, 11) is 0. The lowest BCUT2D eigenvalue weighted by Crippen LogP contribution is -2.31. The van der Waals surface area contributed by atoms with Gasteiger partial charge in [-0.15, -0.1) is 0 Å². The van der Waals surface area contributed by atoms with Crippen LogP contribution in [0.25, 0.3) is 0 Å². The van der Waals surface area contributed by atoms with Crippen LogP contribution in [0, 0.1) is 11.8 Å². The second kappa shape index (κ2) is 2.26. The molecule has 0 unspecified atom stereocenters. The zero-order chi connectivity index (χ0) is 6.97. The fraction of sp³-hybridized carbons (Fsp3) is 0.875. The Kier molecular flexibility index (Phi) is 1.40. The Bertz CT molecular complexity index is 157. The first-order valence-corrected chi connectivity index (χ1v) is 4.11. The van der Waals surface area contributed by atoms with Crippen LogP contribution in [0.4, 0.5) is 0 Å². The summed E-state index contributed by atoms with van der Waals surface area (Å²) in [4.78, 5) is 0. The van der Waals surface area contributed by atoms with Crippen molar-refractivity contribution < 1.29 is 5.21 Å². The Morgan fingerprint density at radius 2 is 1.90 bits per heavy atom. The Labute approximate surface area is 60.9 Å². The fourth-order valence-electron chi connectivity index (χ4n) is 2.28. The minimum absolute atomic E-state index is 0.634. The molecule has 1 N–H and O–H groups in total. The molecular formula is C8H13NO.